The van der Waals surface area contributed by atoms with Crippen molar-refractivity contribution in [2.24, 2.45) is 11.3 Å². The summed E-state index contributed by atoms with van der Waals surface area (Å²) in [5.74, 6) is -0.318. The van der Waals surface area contributed by atoms with Gasteiger partial charge in [-0.15, -0.1) is 0 Å². The van der Waals surface area contributed by atoms with E-state index in [0.29, 0.717) is 25.4 Å². The van der Waals surface area contributed by atoms with Gasteiger partial charge in [0.25, 0.3) is 0 Å². The third-order valence-corrected chi connectivity index (χ3v) is 2.36. The fraction of sp³-hybridized carbons (Fsp3) is 0.833. The predicted molar refractivity (Wildman–Crippen MR) is 62.9 cm³/mol. The zero-order valence-electron chi connectivity index (χ0n) is 10.7. The van der Waals surface area contributed by atoms with Crippen LogP contribution in [0.15, 0.2) is 0 Å². The summed E-state index contributed by atoms with van der Waals surface area (Å²) in [6.07, 6.45) is 0.447. The first kappa shape index (κ1) is 14.9. The Hall–Kier alpha value is -1.08. The van der Waals surface area contributed by atoms with Gasteiger partial charge < -0.3 is 10.0 Å². The molecule has 0 unspecified atom stereocenters. The first-order valence-corrected chi connectivity index (χ1v) is 5.62. The van der Waals surface area contributed by atoms with E-state index in [2.05, 4.69) is 24.8 Å². The molecule has 0 aliphatic heterocycles. The molecule has 0 atom stereocenters. The van der Waals surface area contributed by atoms with E-state index < -0.39 is 11.4 Å². The number of carboxylic acid groups (broad SMARTS) is 1. The smallest absolute Gasteiger partial charge is 0.310 e. The Bertz CT molecular complexity index is 267. The molecule has 0 amide bonds. The van der Waals surface area contributed by atoms with E-state index in [4.69, 9.17) is 10.4 Å². The van der Waals surface area contributed by atoms with Crippen molar-refractivity contribution in [3.05, 3.63) is 0 Å². The molecule has 4 nitrogen and oxygen atoms in total. The van der Waals surface area contributed by atoms with Crippen molar-refractivity contribution < 1.29 is 9.90 Å². The number of nitriles is 1. The summed E-state index contributed by atoms with van der Waals surface area (Å²) >= 11 is 0. The average molecular weight is 226 g/mol. The number of carboxylic acids is 1. The van der Waals surface area contributed by atoms with Crippen molar-refractivity contribution in [3.8, 4) is 6.07 Å². The maximum Gasteiger partial charge on any atom is 0.310 e. The van der Waals surface area contributed by atoms with E-state index in [1.807, 2.05) is 0 Å². The molecule has 4 heteroatoms. The van der Waals surface area contributed by atoms with Gasteiger partial charge in [-0.1, -0.05) is 13.8 Å². The maximum absolute atomic E-state index is 11.0. The molecule has 92 valence electrons. The lowest BCUT2D eigenvalue weighted by molar-refractivity contribution is -0.148. The van der Waals surface area contributed by atoms with E-state index in [1.165, 1.54) is 0 Å². The quantitative estimate of drug-likeness (QED) is 0.720. The SMILES string of the molecule is CC(C)CN(CCC#N)CC(C)(C)C(=O)O. The summed E-state index contributed by atoms with van der Waals surface area (Å²) in [4.78, 5) is 13.1. The molecule has 0 saturated carbocycles. The highest BCUT2D eigenvalue weighted by atomic mass is 16.4. The summed E-state index contributed by atoms with van der Waals surface area (Å²) in [6, 6.07) is 2.10. The molecule has 0 heterocycles. The molecule has 0 aromatic heterocycles. The highest BCUT2D eigenvalue weighted by Gasteiger charge is 2.29. The third kappa shape index (κ3) is 5.72. The Labute approximate surface area is 97.9 Å². The van der Waals surface area contributed by atoms with Gasteiger partial charge in [-0.2, -0.15) is 5.26 Å². The van der Waals surface area contributed by atoms with Gasteiger partial charge in [-0.3, -0.25) is 4.79 Å². The number of nitrogens with zero attached hydrogens (tertiary/aromatic N) is 2. The minimum Gasteiger partial charge on any atom is -0.481 e. The number of carbonyl (C=O) groups is 1. The van der Waals surface area contributed by atoms with Gasteiger partial charge in [0.15, 0.2) is 0 Å². The molecule has 0 spiro atoms. The average Bonchev–Trinajstić information content (AvgIpc) is 2.12. The van der Waals surface area contributed by atoms with Crippen molar-refractivity contribution in [1.29, 1.82) is 5.26 Å². The van der Waals surface area contributed by atoms with Crippen LogP contribution in [-0.4, -0.2) is 35.6 Å². The van der Waals surface area contributed by atoms with E-state index in [1.54, 1.807) is 13.8 Å². The summed E-state index contributed by atoms with van der Waals surface area (Å²) in [6.45, 7) is 9.58. The van der Waals surface area contributed by atoms with Gasteiger partial charge >= 0.3 is 5.97 Å². The van der Waals surface area contributed by atoms with Crippen LogP contribution in [0, 0.1) is 22.7 Å². The molecule has 0 bridgehead atoms. The number of hydrogen-bond acceptors (Lipinski definition) is 3. The molecule has 0 saturated heterocycles. The van der Waals surface area contributed by atoms with Gasteiger partial charge in [0.05, 0.1) is 11.5 Å². The number of hydrogen-bond donors (Lipinski definition) is 1. The van der Waals surface area contributed by atoms with Crippen molar-refractivity contribution >= 4 is 5.97 Å². The summed E-state index contributed by atoms with van der Waals surface area (Å²) in [7, 11) is 0. The molecule has 0 radical (unpaired) electrons. The Balaban J connectivity index is 4.41. The van der Waals surface area contributed by atoms with Crippen LogP contribution in [0.2, 0.25) is 0 Å². The molecule has 16 heavy (non-hydrogen) atoms. The molecular weight excluding hydrogens is 204 g/mol. The first-order chi connectivity index (χ1) is 7.29. The number of aliphatic carboxylic acids is 1. The Kier molecular flexibility index (Phi) is 6.05. The van der Waals surface area contributed by atoms with Crippen LogP contribution in [0.25, 0.3) is 0 Å². The van der Waals surface area contributed by atoms with Crippen LogP contribution in [-0.2, 0) is 4.79 Å². The topological polar surface area (TPSA) is 64.3 Å². The van der Waals surface area contributed by atoms with E-state index in [9.17, 15) is 4.79 Å². The van der Waals surface area contributed by atoms with Crippen molar-refractivity contribution in [1.82, 2.24) is 4.90 Å². The lowest BCUT2D eigenvalue weighted by atomic mass is 9.92. The molecule has 0 aromatic carbocycles. The maximum atomic E-state index is 11.0. The lowest BCUT2D eigenvalue weighted by Gasteiger charge is -2.30. The van der Waals surface area contributed by atoms with Crippen molar-refractivity contribution in [3.63, 3.8) is 0 Å². The van der Waals surface area contributed by atoms with Crippen LogP contribution >= 0.6 is 0 Å². The first-order valence-electron chi connectivity index (χ1n) is 5.62. The van der Waals surface area contributed by atoms with E-state index >= 15 is 0 Å². The molecule has 1 N–H and O–H groups in total. The Morgan fingerprint density at radius 1 is 1.50 bits per heavy atom. The van der Waals surface area contributed by atoms with E-state index in [0.717, 1.165) is 6.54 Å². The Morgan fingerprint density at radius 3 is 2.44 bits per heavy atom. The van der Waals surface area contributed by atoms with Crippen molar-refractivity contribution in [2.75, 3.05) is 19.6 Å². The monoisotopic (exact) mass is 226 g/mol. The minimum atomic E-state index is -0.793. The zero-order valence-corrected chi connectivity index (χ0v) is 10.7. The second kappa shape index (κ2) is 6.49. The van der Waals surface area contributed by atoms with Crippen LogP contribution in [0.3, 0.4) is 0 Å². The Morgan fingerprint density at radius 2 is 2.06 bits per heavy atom. The molecule has 0 rings (SSSR count). The lowest BCUT2D eigenvalue weighted by Crippen LogP contribution is -2.41. The summed E-state index contributed by atoms with van der Waals surface area (Å²) < 4.78 is 0. The zero-order chi connectivity index (χ0) is 12.8. The fourth-order valence-corrected chi connectivity index (χ4v) is 1.59. The van der Waals surface area contributed by atoms with Gasteiger partial charge in [0, 0.05) is 26.1 Å². The molecule has 0 aliphatic rings. The predicted octanol–water partition coefficient (Wildman–Crippen LogP) is 1.97. The van der Waals surface area contributed by atoms with Crippen LogP contribution in [0.5, 0.6) is 0 Å². The van der Waals surface area contributed by atoms with Gasteiger partial charge in [-0.05, 0) is 19.8 Å². The van der Waals surface area contributed by atoms with Gasteiger partial charge in [0.2, 0.25) is 0 Å². The van der Waals surface area contributed by atoms with E-state index in [-0.39, 0.29) is 0 Å². The molecular formula is C12H22N2O2. The highest BCUT2D eigenvalue weighted by Crippen LogP contribution is 2.18. The standard InChI is InChI=1S/C12H22N2O2/c1-10(2)8-14(7-5-6-13)9-12(3,4)11(15)16/h10H,5,7-9H2,1-4H3,(H,15,16). The normalized spacial score (nSPS) is 11.8. The molecule has 0 fully saturated rings. The minimum absolute atomic E-state index is 0.447. The second-order valence-electron chi connectivity index (χ2n) is 5.23. The van der Waals surface area contributed by atoms with Crippen LogP contribution in [0.1, 0.15) is 34.1 Å². The van der Waals surface area contributed by atoms with Crippen LogP contribution in [0.4, 0.5) is 0 Å². The summed E-state index contributed by atoms with van der Waals surface area (Å²) in [5, 5.41) is 17.6. The van der Waals surface area contributed by atoms with Gasteiger partial charge in [0.1, 0.15) is 0 Å². The second-order valence-corrected chi connectivity index (χ2v) is 5.23. The fourth-order valence-electron chi connectivity index (χ4n) is 1.59. The third-order valence-electron chi connectivity index (χ3n) is 2.36. The highest BCUT2D eigenvalue weighted by molar-refractivity contribution is 5.73. The number of rotatable bonds is 7. The molecule has 0 aliphatic carbocycles. The largest absolute Gasteiger partial charge is 0.481 e. The summed E-state index contributed by atoms with van der Waals surface area (Å²) in [5.41, 5.74) is -0.760. The van der Waals surface area contributed by atoms with Crippen LogP contribution < -0.4 is 0 Å². The molecule has 0 aromatic rings. The van der Waals surface area contributed by atoms with Crippen molar-refractivity contribution in [2.45, 2.75) is 34.1 Å². The van der Waals surface area contributed by atoms with Gasteiger partial charge in [-0.25, -0.2) is 0 Å².